The first-order chi connectivity index (χ1) is 30.8. The van der Waals surface area contributed by atoms with E-state index in [1.165, 1.54) is 6.92 Å². The Hall–Kier alpha value is -4.60. The summed E-state index contributed by atoms with van der Waals surface area (Å²) in [6.45, 7) is 5.60. The summed E-state index contributed by atoms with van der Waals surface area (Å²) in [4.78, 5) is 48.6. The zero-order chi connectivity index (χ0) is 46.2. The lowest BCUT2D eigenvalue weighted by molar-refractivity contribution is -0.178. The number of benzene rings is 1. The SMILES string of the molecule is CC(O)CC(C(=O)O)=C1CCC2(N=C(N)N)C=CC3(CC4(O)C=CC5(O)C6=C7C(=O)CC38CCCCCC73CCC(=O)C(C)(CC#CCCC648)C3C5C=Cc3ccccc3)C(C)C2C1O. The molecule has 11 heteroatoms. The van der Waals surface area contributed by atoms with Crippen molar-refractivity contribution in [1.29, 1.82) is 0 Å². The van der Waals surface area contributed by atoms with Gasteiger partial charge in [0.05, 0.1) is 23.3 Å². The number of aliphatic carboxylic acids is 1. The van der Waals surface area contributed by atoms with E-state index in [9.17, 15) is 35.1 Å². The van der Waals surface area contributed by atoms with Crippen LogP contribution in [0.4, 0.5) is 0 Å². The number of carboxylic acids is 1. The molecule has 65 heavy (non-hydrogen) atoms. The van der Waals surface area contributed by atoms with Crippen molar-refractivity contribution < 1.29 is 39.9 Å². The fourth-order valence-corrected chi connectivity index (χ4v) is 17.2. The van der Waals surface area contributed by atoms with Gasteiger partial charge in [0.2, 0.25) is 0 Å². The van der Waals surface area contributed by atoms with Crippen LogP contribution in [0.1, 0.15) is 123 Å². The van der Waals surface area contributed by atoms with Crippen molar-refractivity contribution in [1.82, 2.24) is 0 Å². The van der Waals surface area contributed by atoms with E-state index in [0.717, 1.165) is 24.8 Å². The Kier molecular flexibility index (Phi) is 10.0. The van der Waals surface area contributed by atoms with Crippen LogP contribution >= 0.6 is 0 Å². The summed E-state index contributed by atoms with van der Waals surface area (Å²) in [7, 11) is 0. The number of carbonyl (C=O) groups excluding carboxylic acids is 2. The molecule has 10 rings (SSSR count). The summed E-state index contributed by atoms with van der Waals surface area (Å²) in [5, 5.41) is 62.2. The third-order valence-corrected chi connectivity index (χ3v) is 19.3. The maximum Gasteiger partial charge on any atom is 0.331 e. The maximum absolute atomic E-state index is 16.2. The number of aliphatic imine (C=N–C) groups is 1. The molecule has 0 aliphatic heterocycles. The summed E-state index contributed by atoms with van der Waals surface area (Å²) >= 11 is 0. The van der Waals surface area contributed by atoms with Crippen LogP contribution in [0.2, 0.25) is 0 Å². The highest BCUT2D eigenvalue weighted by molar-refractivity contribution is 6.02. The Bertz CT molecular complexity index is 2510. The van der Waals surface area contributed by atoms with Gasteiger partial charge < -0.3 is 37.0 Å². The normalized spacial score (nSPS) is 45.8. The molecule has 9 N–H and O–H groups in total. The van der Waals surface area contributed by atoms with Crippen molar-refractivity contribution in [3.63, 3.8) is 0 Å². The quantitative estimate of drug-likeness (QED) is 0.0560. The Labute approximate surface area is 381 Å². The average molecular weight is 884 g/mol. The number of carboxylic acid groups (broad SMARTS) is 1. The molecule has 0 amide bonds. The van der Waals surface area contributed by atoms with Gasteiger partial charge in [-0.15, -0.1) is 11.8 Å². The summed E-state index contributed by atoms with van der Waals surface area (Å²) in [6.07, 6.45) is 15.5. The number of fused-ring (bicyclic) bond motifs is 2. The summed E-state index contributed by atoms with van der Waals surface area (Å²) in [5.74, 6) is 3.18. The molecule has 14 atom stereocenters. The average Bonchev–Trinajstić information content (AvgIpc) is 3.42. The highest BCUT2D eigenvalue weighted by Crippen LogP contribution is 2.85. The topological polar surface area (TPSA) is 217 Å². The smallest absolute Gasteiger partial charge is 0.331 e. The van der Waals surface area contributed by atoms with E-state index in [1.807, 2.05) is 55.5 Å². The number of aliphatic hydroxyl groups excluding tert-OH is 2. The Morgan fingerprint density at radius 2 is 1.72 bits per heavy atom. The lowest BCUT2D eigenvalue weighted by Gasteiger charge is -2.71. The standard InChI is InChI=1S/C54H65N3O8/c1-32(58)29-36(45(62)63)35-17-24-50(57-46(55)56)26-25-49(33(2)40(50)42(35)61)31-52(64)27-28-53(65)37(16-15-34-13-7-4-8-14-34)43-47(3)19-9-5-12-22-54(52)44(53)41-38(59)30-51(49,54)21-11-6-10-20-48(41,43)23-18-39(47)60/h4,7-8,13-16,25-28,32-33,37,40,42-43,58,61,64-65H,6,10-12,17-24,29-31H2,1-3H3,(H,62,63)(H4,55,56,57). The largest absolute Gasteiger partial charge is 0.478 e. The third kappa shape index (κ3) is 5.57. The zero-order valence-electron chi connectivity index (χ0n) is 38.0. The number of carbonyl (C=O) groups is 3. The molecule has 4 saturated carbocycles. The second-order valence-electron chi connectivity index (χ2n) is 22.0. The Morgan fingerprint density at radius 1 is 0.969 bits per heavy atom. The van der Waals surface area contributed by atoms with Crippen molar-refractivity contribution in [3.05, 3.63) is 88.6 Å². The highest BCUT2D eigenvalue weighted by atomic mass is 16.4. The molecule has 1 aromatic carbocycles. The highest BCUT2D eigenvalue weighted by Gasteiger charge is 2.85. The van der Waals surface area contributed by atoms with Crippen LogP contribution in [0.3, 0.4) is 0 Å². The number of ketones is 2. The van der Waals surface area contributed by atoms with Gasteiger partial charge in [0, 0.05) is 76.7 Å². The fourth-order valence-electron chi connectivity index (χ4n) is 17.2. The molecule has 1 aromatic rings. The first-order valence-corrected chi connectivity index (χ1v) is 24.1. The van der Waals surface area contributed by atoms with Crippen molar-refractivity contribution in [2.75, 3.05) is 0 Å². The van der Waals surface area contributed by atoms with E-state index in [-0.39, 0.29) is 55.2 Å². The molecule has 6 bridgehead atoms. The predicted octanol–water partition coefficient (Wildman–Crippen LogP) is 6.26. The molecule has 0 saturated heterocycles. The monoisotopic (exact) mass is 883 g/mol. The van der Waals surface area contributed by atoms with Crippen LogP contribution in [-0.4, -0.2) is 78.0 Å². The van der Waals surface area contributed by atoms with Gasteiger partial charge in [0.15, 0.2) is 11.7 Å². The van der Waals surface area contributed by atoms with Gasteiger partial charge in [-0.05, 0) is 91.9 Å². The number of rotatable bonds is 6. The second-order valence-corrected chi connectivity index (χ2v) is 22.0. The van der Waals surface area contributed by atoms with Crippen LogP contribution in [0.15, 0.2) is 88.0 Å². The molecular weight excluding hydrogens is 819 g/mol. The minimum Gasteiger partial charge on any atom is -0.478 e. The van der Waals surface area contributed by atoms with E-state index in [0.29, 0.717) is 61.7 Å². The lowest BCUT2D eigenvalue weighted by atomic mass is 9.32. The van der Waals surface area contributed by atoms with E-state index >= 15 is 4.79 Å². The Morgan fingerprint density at radius 3 is 2.45 bits per heavy atom. The maximum atomic E-state index is 16.2. The van der Waals surface area contributed by atoms with Crippen LogP contribution < -0.4 is 11.5 Å². The lowest BCUT2D eigenvalue weighted by Crippen LogP contribution is -2.72. The molecule has 0 radical (unpaired) electrons. The van der Waals surface area contributed by atoms with Crippen molar-refractivity contribution in [2.24, 2.45) is 67.2 Å². The van der Waals surface area contributed by atoms with E-state index in [1.54, 1.807) is 6.08 Å². The van der Waals surface area contributed by atoms with Crippen LogP contribution in [0.25, 0.3) is 6.08 Å². The summed E-state index contributed by atoms with van der Waals surface area (Å²) < 4.78 is 0. The van der Waals surface area contributed by atoms with Crippen molar-refractivity contribution >= 4 is 29.6 Å². The summed E-state index contributed by atoms with van der Waals surface area (Å²) in [6, 6.07) is 9.93. The van der Waals surface area contributed by atoms with Gasteiger partial charge in [-0.25, -0.2) is 9.79 Å². The molecular formula is C54H65N3O8. The number of nitrogens with zero attached hydrogens (tertiary/aromatic N) is 1. The number of allylic oxidation sites excluding steroid dienone is 2. The van der Waals surface area contributed by atoms with Gasteiger partial charge >= 0.3 is 5.97 Å². The molecule has 9 aliphatic carbocycles. The number of nitrogens with two attached hydrogens (primary N) is 2. The van der Waals surface area contributed by atoms with Gasteiger partial charge in [-0.2, -0.15) is 0 Å². The van der Waals surface area contributed by atoms with E-state index in [2.05, 4.69) is 30.9 Å². The predicted molar refractivity (Wildman–Crippen MR) is 246 cm³/mol. The molecule has 11 nitrogen and oxygen atoms in total. The number of hydrogen-bond acceptors (Lipinski definition) is 8. The molecule has 344 valence electrons. The first kappa shape index (κ1) is 44.2. The van der Waals surface area contributed by atoms with Crippen LogP contribution in [0.5, 0.6) is 0 Å². The molecule has 4 spiro atoms. The zero-order valence-corrected chi connectivity index (χ0v) is 38.0. The number of aliphatic hydroxyl groups is 4. The van der Waals surface area contributed by atoms with Crippen LogP contribution in [0, 0.1) is 62.6 Å². The fraction of sp³-hybridized carbons (Fsp3) is 0.593. The van der Waals surface area contributed by atoms with E-state index < -0.39 is 85.7 Å². The molecule has 0 heterocycles. The van der Waals surface area contributed by atoms with Crippen LogP contribution in [-0.2, 0) is 14.4 Å². The van der Waals surface area contributed by atoms with Gasteiger partial charge in [0.25, 0.3) is 0 Å². The minimum atomic E-state index is -1.77. The minimum absolute atomic E-state index is 0.0389. The van der Waals surface area contributed by atoms with Gasteiger partial charge in [-0.3, -0.25) is 9.59 Å². The number of guanidine groups is 1. The van der Waals surface area contributed by atoms with Crippen molar-refractivity contribution in [2.45, 2.75) is 146 Å². The van der Waals surface area contributed by atoms with Gasteiger partial charge in [-0.1, -0.05) is 93.8 Å². The second kappa shape index (κ2) is 14.7. The Balaban J connectivity index is 1.29. The number of Topliss-reactive ketones (excluding diaryl/α,β-unsaturated/α-hetero) is 2. The molecule has 4 fully saturated rings. The third-order valence-electron chi connectivity index (χ3n) is 19.3. The molecule has 0 aromatic heterocycles. The molecule has 14 unspecified atom stereocenters. The molecule has 9 aliphatic rings. The van der Waals surface area contributed by atoms with E-state index in [4.69, 9.17) is 16.5 Å². The number of hydrogen-bond donors (Lipinski definition) is 7. The first-order valence-electron chi connectivity index (χ1n) is 24.1. The van der Waals surface area contributed by atoms with Gasteiger partial charge in [0.1, 0.15) is 11.4 Å². The van der Waals surface area contributed by atoms with Crippen molar-refractivity contribution in [3.8, 4) is 11.8 Å². The summed E-state index contributed by atoms with van der Waals surface area (Å²) in [5.41, 5.74) is 5.37.